The van der Waals surface area contributed by atoms with Crippen LogP contribution < -0.4 is 14.2 Å². The van der Waals surface area contributed by atoms with E-state index in [9.17, 15) is 5.26 Å². The second kappa shape index (κ2) is 5.46. The average Bonchev–Trinajstić information content (AvgIpc) is 3.12. The van der Waals surface area contributed by atoms with Crippen molar-refractivity contribution in [3.8, 4) is 23.3 Å². The van der Waals surface area contributed by atoms with Gasteiger partial charge in [-0.05, 0) is 30.7 Å². The number of fused-ring (bicyclic) bond motifs is 1. The van der Waals surface area contributed by atoms with E-state index in [4.69, 9.17) is 14.2 Å². The molecule has 0 bridgehead atoms. The molecule has 0 radical (unpaired) electrons. The molecule has 0 spiro atoms. The summed E-state index contributed by atoms with van der Waals surface area (Å²) in [5.41, 5.74) is 2.22. The monoisotopic (exact) mass is 300 g/mol. The molecule has 1 aliphatic heterocycles. The van der Waals surface area contributed by atoms with Crippen LogP contribution in [0.3, 0.4) is 0 Å². The molecule has 2 aromatic rings. The molecule has 2 heterocycles. The third-order valence-electron chi connectivity index (χ3n) is 2.96. The lowest BCUT2D eigenvalue weighted by Crippen LogP contribution is -1.93. The van der Waals surface area contributed by atoms with Crippen LogP contribution in [-0.4, -0.2) is 18.9 Å². The van der Waals surface area contributed by atoms with Crippen LogP contribution in [0.25, 0.3) is 11.6 Å². The zero-order chi connectivity index (χ0) is 14.8. The van der Waals surface area contributed by atoms with Crippen LogP contribution in [0.2, 0.25) is 0 Å². The summed E-state index contributed by atoms with van der Waals surface area (Å²) in [6, 6.07) is 5.81. The highest BCUT2D eigenvalue weighted by atomic mass is 32.1. The van der Waals surface area contributed by atoms with E-state index in [1.165, 1.54) is 11.3 Å². The quantitative estimate of drug-likeness (QED) is 0.814. The van der Waals surface area contributed by atoms with Gasteiger partial charge in [0.25, 0.3) is 0 Å². The zero-order valence-electron chi connectivity index (χ0n) is 11.5. The number of hydrogen-bond donors (Lipinski definition) is 0. The van der Waals surface area contributed by atoms with Gasteiger partial charge in [-0.2, -0.15) is 5.26 Å². The molecule has 1 aromatic carbocycles. The first kappa shape index (κ1) is 13.5. The summed E-state index contributed by atoms with van der Waals surface area (Å²) in [6.45, 7) is 2.08. The van der Waals surface area contributed by atoms with Gasteiger partial charge in [-0.3, -0.25) is 0 Å². The summed E-state index contributed by atoms with van der Waals surface area (Å²) in [7, 11) is 1.57. The molecule has 6 heteroatoms. The van der Waals surface area contributed by atoms with Crippen LogP contribution >= 0.6 is 11.3 Å². The molecule has 5 nitrogen and oxygen atoms in total. The minimum Gasteiger partial charge on any atom is -0.493 e. The Morgan fingerprint density at radius 1 is 1.48 bits per heavy atom. The Labute approximate surface area is 126 Å². The van der Waals surface area contributed by atoms with E-state index in [2.05, 4.69) is 11.1 Å². The Morgan fingerprint density at radius 2 is 2.33 bits per heavy atom. The number of methoxy groups -OCH3 is 1. The van der Waals surface area contributed by atoms with E-state index in [1.54, 1.807) is 13.2 Å². The van der Waals surface area contributed by atoms with Gasteiger partial charge in [0.2, 0.25) is 12.5 Å². The van der Waals surface area contributed by atoms with E-state index in [-0.39, 0.29) is 6.79 Å². The van der Waals surface area contributed by atoms with Gasteiger partial charge in [-0.1, -0.05) is 0 Å². The van der Waals surface area contributed by atoms with Crippen molar-refractivity contribution >= 4 is 23.0 Å². The number of hydrogen-bond acceptors (Lipinski definition) is 6. The maximum absolute atomic E-state index is 9.33. The highest BCUT2D eigenvalue weighted by Crippen LogP contribution is 2.42. The molecular weight excluding hydrogens is 288 g/mol. The minimum absolute atomic E-state index is 0.176. The fourth-order valence-corrected chi connectivity index (χ4v) is 2.78. The van der Waals surface area contributed by atoms with Crippen molar-refractivity contribution in [1.29, 1.82) is 5.26 Å². The van der Waals surface area contributed by atoms with Gasteiger partial charge in [-0.15, -0.1) is 11.3 Å². The molecular formula is C15H12N2O3S. The molecule has 0 fully saturated rings. The largest absolute Gasteiger partial charge is 0.493 e. The molecule has 3 rings (SSSR count). The highest BCUT2D eigenvalue weighted by molar-refractivity contribution is 7.11. The van der Waals surface area contributed by atoms with E-state index in [0.717, 1.165) is 11.3 Å². The number of benzene rings is 1. The number of ether oxygens (including phenoxy) is 3. The van der Waals surface area contributed by atoms with Crippen LogP contribution in [0.1, 0.15) is 16.3 Å². The van der Waals surface area contributed by atoms with Crippen LogP contribution in [-0.2, 0) is 0 Å². The first-order valence-corrected chi connectivity index (χ1v) is 7.11. The Balaban J connectivity index is 2.04. The van der Waals surface area contributed by atoms with Crippen molar-refractivity contribution in [2.45, 2.75) is 6.92 Å². The van der Waals surface area contributed by atoms with Crippen LogP contribution in [0.5, 0.6) is 17.2 Å². The normalized spacial score (nSPS) is 13.1. The summed E-state index contributed by atoms with van der Waals surface area (Å²) in [5.74, 6) is 1.80. The Hall–Kier alpha value is -2.52. The first-order valence-electron chi connectivity index (χ1n) is 6.23. The van der Waals surface area contributed by atoms with Crippen molar-refractivity contribution in [3.05, 3.63) is 33.8 Å². The average molecular weight is 300 g/mol. The van der Waals surface area contributed by atoms with Crippen LogP contribution in [0, 0.1) is 18.3 Å². The number of allylic oxidation sites excluding steroid dienone is 1. The third-order valence-corrected chi connectivity index (χ3v) is 3.96. The van der Waals surface area contributed by atoms with E-state index < -0.39 is 0 Å². The van der Waals surface area contributed by atoms with E-state index in [0.29, 0.717) is 27.8 Å². The Bertz CT molecular complexity index is 759. The maximum atomic E-state index is 9.33. The lowest BCUT2D eigenvalue weighted by Gasteiger charge is -2.06. The predicted molar refractivity (Wildman–Crippen MR) is 79.5 cm³/mol. The number of aromatic nitrogens is 1. The van der Waals surface area contributed by atoms with E-state index >= 15 is 0 Å². The number of nitrogens with zero attached hydrogens (tertiary/aromatic N) is 2. The molecule has 0 saturated heterocycles. The van der Waals surface area contributed by atoms with Crippen molar-refractivity contribution in [3.63, 3.8) is 0 Å². The zero-order valence-corrected chi connectivity index (χ0v) is 12.4. The van der Waals surface area contributed by atoms with Gasteiger partial charge in [0.05, 0.1) is 12.7 Å². The summed E-state index contributed by atoms with van der Waals surface area (Å²) in [5, 5.41) is 11.9. The highest BCUT2D eigenvalue weighted by Gasteiger charge is 2.20. The minimum atomic E-state index is 0.176. The lowest BCUT2D eigenvalue weighted by molar-refractivity contribution is 0.171. The second-order valence-corrected chi connectivity index (χ2v) is 5.28. The second-order valence-electron chi connectivity index (χ2n) is 4.42. The van der Waals surface area contributed by atoms with Gasteiger partial charge < -0.3 is 14.2 Å². The van der Waals surface area contributed by atoms with E-state index in [1.807, 2.05) is 24.4 Å². The lowest BCUT2D eigenvalue weighted by atomic mass is 10.1. The molecule has 0 aliphatic carbocycles. The smallest absolute Gasteiger partial charge is 0.231 e. The molecule has 0 atom stereocenters. The SMILES string of the molecule is COc1cc(/C=C(\C#N)c2nc(C)cs2)cc2c1OCO2. The fraction of sp³-hybridized carbons (Fsp3) is 0.200. The number of rotatable bonds is 3. The van der Waals surface area contributed by atoms with Gasteiger partial charge >= 0.3 is 0 Å². The van der Waals surface area contributed by atoms with Gasteiger partial charge in [-0.25, -0.2) is 4.98 Å². The third kappa shape index (κ3) is 2.56. The number of aryl methyl sites for hydroxylation is 1. The summed E-state index contributed by atoms with van der Waals surface area (Å²) in [6.07, 6.45) is 1.77. The molecule has 0 amide bonds. The molecule has 1 aromatic heterocycles. The molecule has 106 valence electrons. The van der Waals surface area contributed by atoms with Gasteiger partial charge in [0.1, 0.15) is 11.1 Å². The summed E-state index contributed by atoms with van der Waals surface area (Å²) in [4.78, 5) is 4.33. The Morgan fingerprint density at radius 3 is 3.00 bits per heavy atom. The maximum Gasteiger partial charge on any atom is 0.231 e. The van der Waals surface area contributed by atoms with Gasteiger partial charge in [0.15, 0.2) is 11.5 Å². The predicted octanol–water partition coefficient (Wildman–Crippen LogP) is 3.25. The van der Waals surface area contributed by atoms with Crippen molar-refractivity contribution < 1.29 is 14.2 Å². The fourth-order valence-electron chi connectivity index (χ4n) is 2.02. The van der Waals surface area contributed by atoms with Crippen LogP contribution in [0.15, 0.2) is 17.5 Å². The van der Waals surface area contributed by atoms with Crippen molar-refractivity contribution in [2.75, 3.05) is 13.9 Å². The molecule has 1 aliphatic rings. The summed E-state index contributed by atoms with van der Waals surface area (Å²) < 4.78 is 16.0. The summed E-state index contributed by atoms with van der Waals surface area (Å²) >= 11 is 1.45. The topological polar surface area (TPSA) is 64.4 Å². The Kier molecular flexibility index (Phi) is 3.50. The first-order chi connectivity index (χ1) is 10.2. The van der Waals surface area contributed by atoms with Crippen LogP contribution in [0.4, 0.5) is 0 Å². The van der Waals surface area contributed by atoms with Crippen molar-refractivity contribution in [1.82, 2.24) is 4.98 Å². The molecule has 0 saturated carbocycles. The van der Waals surface area contributed by atoms with Gasteiger partial charge in [0, 0.05) is 11.1 Å². The standard InChI is InChI=1S/C15H12N2O3S/c1-9-7-21-15(17-9)11(6-16)3-10-4-12(18-2)14-13(5-10)19-8-20-14/h3-5,7H,8H2,1-2H3/b11-3+. The molecule has 0 N–H and O–H groups in total. The molecule has 0 unspecified atom stereocenters. The van der Waals surface area contributed by atoms with Crippen molar-refractivity contribution in [2.24, 2.45) is 0 Å². The molecule has 21 heavy (non-hydrogen) atoms. The number of nitriles is 1. The number of thiazole rings is 1.